The Morgan fingerprint density at radius 2 is 2.00 bits per heavy atom. The van der Waals surface area contributed by atoms with E-state index in [2.05, 4.69) is 4.90 Å². The van der Waals surface area contributed by atoms with Gasteiger partial charge in [0.15, 0.2) is 0 Å². The number of piperidine rings is 1. The molecule has 16 heavy (non-hydrogen) atoms. The number of phenols is 1. The van der Waals surface area contributed by atoms with Gasteiger partial charge in [-0.2, -0.15) is 0 Å². The van der Waals surface area contributed by atoms with Gasteiger partial charge in [-0.15, -0.1) is 0 Å². The minimum Gasteiger partial charge on any atom is -0.507 e. The number of hydrogen-bond donors (Lipinski definition) is 1. The molecule has 2 rings (SSSR count). The highest BCUT2D eigenvalue weighted by Gasteiger charge is 2.15. The minimum absolute atomic E-state index is 0.338. The Bertz CT molecular complexity index is 346. The van der Waals surface area contributed by atoms with Crippen LogP contribution >= 0.6 is 0 Å². The van der Waals surface area contributed by atoms with Gasteiger partial charge in [-0.1, -0.05) is 12.5 Å². The third-order valence-electron chi connectivity index (χ3n) is 3.16. The molecule has 1 N–H and O–H groups in total. The van der Waals surface area contributed by atoms with Crippen molar-refractivity contribution >= 4 is 0 Å². The molecule has 0 spiro atoms. The Balaban J connectivity index is 2.12. The van der Waals surface area contributed by atoms with Crippen LogP contribution in [0.25, 0.3) is 0 Å². The van der Waals surface area contributed by atoms with E-state index in [0.717, 1.165) is 30.9 Å². The van der Waals surface area contributed by atoms with Gasteiger partial charge in [0.25, 0.3) is 0 Å². The van der Waals surface area contributed by atoms with E-state index in [9.17, 15) is 5.11 Å². The van der Waals surface area contributed by atoms with Crippen LogP contribution in [0.1, 0.15) is 24.8 Å². The van der Waals surface area contributed by atoms with E-state index in [1.54, 1.807) is 13.2 Å². The monoisotopic (exact) mass is 221 g/mol. The zero-order valence-corrected chi connectivity index (χ0v) is 9.78. The van der Waals surface area contributed by atoms with E-state index in [1.165, 1.54) is 19.3 Å². The van der Waals surface area contributed by atoms with Crippen molar-refractivity contribution in [2.24, 2.45) is 0 Å². The van der Waals surface area contributed by atoms with Gasteiger partial charge in [-0.05, 0) is 38.1 Å². The number of likely N-dealkylation sites (tertiary alicyclic amines) is 1. The first-order valence-corrected chi connectivity index (χ1v) is 5.88. The Kier molecular flexibility index (Phi) is 3.67. The number of benzene rings is 1. The Labute approximate surface area is 96.6 Å². The SMILES string of the molecule is COc1cccc(O)c1CN1CCCCC1. The summed E-state index contributed by atoms with van der Waals surface area (Å²) in [7, 11) is 1.65. The molecule has 1 aromatic rings. The minimum atomic E-state index is 0.338. The molecular formula is C13H19NO2. The molecule has 1 aliphatic rings. The van der Waals surface area contributed by atoms with Crippen molar-refractivity contribution in [3.63, 3.8) is 0 Å². The normalized spacial score (nSPS) is 17.3. The standard InChI is InChI=1S/C13H19NO2/c1-16-13-7-5-6-12(15)11(13)10-14-8-3-2-4-9-14/h5-7,15H,2-4,8-10H2,1H3. The molecule has 1 aliphatic heterocycles. The summed E-state index contributed by atoms with van der Waals surface area (Å²) in [5.41, 5.74) is 0.909. The van der Waals surface area contributed by atoms with E-state index < -0.39 is 0 Å². The molecule has 0 aliphatic carbocycles. The number of phenolic OH excluding ortho intramolecular Hbond substituents is 1. The predicted octanol–water partition coefficient (Wildman–Crippen LogP) is 2.39. The summed E-state index contributed by atoms with van der Waals surface area (Å²) in [6, 6.07) is 5.44. The lowest BCUT2D eigenvalue weighted by molar-refractivity contribution is 0.215. The molecule has 0 saturated carbocycles. The van der Waals surface area contributed by atoms with Gasteiger partial charge in [0.1, 0.15) is 11.5 Å². The van der Waals surface area contributed by atoms with Crippen LogP contribution in [0.5, 0.6) is 11.5 Å². The average molecular weight is 221 g/mol. The maximum atomic E-state index is 9.85. The lowest BCUT2D eigenvalue weighted by Gasteiger charge is -2.27. The van der Waals surface area contributed by atoms with Crippen LogP contribution in [-0.2, 0) is 6.54 Å². The molecular weight excluding hydrogens is 202 g/mol. The fourth-order valence-electron chi connectivity index (χ4n) is 2.25. The molecule has 0 atom stereocenters. The summed E-state index contributed by atoms with van der Waals surface area (Å²) in [5, 5.41) is 9.85. The first-order valence-electron chi connectivity index (χ1n) is 5.88. The van der Waals surface area contributed by atoms with Gasteiger partial charge >= 0.3 is 0 Å². The van der Waals surface area contributed by atoms with E-state index in [1.807, 2.05) is 12.1 Å². The van der Waals surface area contributed by atoms with Crippen molar-refractivity contribution in [3.8, 4) is 11.5 Å². The van der Waals surface area contributed by atoms with E-state index in [0.29, 0.717) is 5.75 Å². The molecule has 0 radical (unpaired) electrons. The van der Waals surface area contributed by atoms with Crippen molar-refractivity contribution < 1.29 is 9.84 Å². The Morgan fingerprint density at radius 1 is 1.25 bits per heavy atom. The third-order valence-corrected chi connectivity index (χ3v) is 3.16. The Morgan fingerprint density at radius 3 is 2.69 bits per heavy atom. The number of nitrogens with zero attached hydrogens (tertiary/aromatic N) is 1. The highest BCUT2D eigenvalue weighted by atomic mass is 16.5. The highest BCUT2D eigenvalue weighted by Crippen LogP contribution is 2.29. The van der Waals surface area contributed by atoms with Crippen molar-refractivity contribution in [3.05, 3.63) is 23.8 Å². The van der Waals surface area contributed by atoms with Gasteiger partial charge in [-0.25, -0.2) is 0 Å². The molecule has 0 amide bonds. The average Bonchev–Trinajstić information content (AvgIpc) is 2.33. The molecule has 88 valence electrons. The lowest BCUT2D eigenvalue weighted by Crippen LogP contribution is -2.29. The zero-order valence-electron chi connectivity index (χ0n) is 9.78. The first-order chi connectivity index (χ1) is 7.81. The third kappa shape index (κ3) is 2.47. The zero-order chi connectivity index (χ0) is 11.4. The maximum Gasteiger partial charge on any atom is 0.127 e. The van der Waals surface area contributed by atoms with Gasteiger partial charge < -0.3 is 9.84 Å². The smallest absolute Gasteiger partial charge is 0.127 e. The van der Waals surface area contributed by atoms with Gasteiger partial charge in [0, 0.05) is 12.1 Å². The molecule has 1 saturated heterocycles. The van der Waals surface area contributed by atoms with Crippen LogP contribution in [0, 0.1) is 0 Å². The second-order valence-electron chi connectivity index (χ2n) is 4.29. The number of aromatic hydroxyl groups is 1. The highest BCUT2D eigenvalue weighted by molar-refractivity contribution is 5.43. The molecule has 3 nitrogen and oxygen atoms in total. The second kappa shape index (κ2) is 5.21. The van der Waals surface area contributed by atoms with Crippen molar-refractivity contribution in [2.75, 3.05) is 20.2 Å². The van der Waals surface area contributed by atoms with Gasteiger partial charge in [0.2, 0.25) is 0 Å². The maximum absolute atomic E-state index is 9.85. The lowest BCUT2D eigenvalue weighted by atomic mass is 10.1. The van der Waals surface area contributed by atoms with E-state index in [4.69, 9.17) is 4.74 Å². The van der Waals surface area contributed by atoms with Crippen LogP contribution < -0.4 is 4.74 Å². The summed E-state index contributed by atoms with van der Waals surface area (Å²) in [6.45, 7) is 3.03. The summed E-state index contributed by atoms with van der Waals surface area (Å²) in [5.74, 6) is 1.12. The summed E-state index contributed by atoms with van der Waals surface area (Å²) in [6.07, 6.45) is 3.85. The van der Waals surface area contributed by atoms with Gasteiger partial charge in [0.05, 0.1) is 7.11 Å². The predicted molar refractivity (Wildman–Crippen MR) is 63.8 cm³/mol. The van der Waals surface area contributed by atoms with Crippen molar-refractivity contribution in [1.29, 1.82) is 0 Å². The van der Waals surface area contributed by atoms with Crippen molar-refractivity contribution in [1.82, 2.24) is 4.90 Å². The molecule has 1 fully saturated rings. The fourth-order valence-corrected chi connectivity index (χ4v) is 2.25. The summed E-state index contributed by atoms with van der Waals surface area (Å²) in [4.78, 5) is 2.38. The molecule has 1 aromatic carbocycles. The topological polar surface area (TPSA) is 32.7 Å². The fraction of sp³-hybridized carbons (Fsp3) is 0.538. The number of methoxy groups -OCH3 is 1. The number of ether oxygens (including phenoxy) is 1. The van der Waals surface area contributed by atoms with E-state index in [-0.39, 0.29) is 0 Å². The summed E-state index contributed by atoms with van der Waals surface area (Å²) >= 11 is 0. The molecule has 3 heteroatoms. The van der Waals surface area contributed by atoms with E-state index >= 15 is 0 Å². The largest absolute Gasteiger partial charge is 0.507 e. The number of hydrogen-bond acceptors (Lipinski definition) is 3. The van der Waals surface area contributed by atoms with Crippen LogP contribution in [0.15, 0.2) is 18.2 Å². The molecule has 0 bridgehead atoms. The Hall–Kier alpha value is -1.22. The quantitative estimate of drug-likeness (QED) is 0.850. The second-order valence-corrected chi connectivity index (χ2v) is 4.29. The van der Waals surface area contributed by atoms with Crippen LogP contribution in [0.3, 0.4) is 0 Å². The van der Waals surface area contributed by atoms with Crippen molar-refractivity contribution in [2.45, 2.75) is 25.8 Å². The number of rotatable bonds is 3. The molecule has 0 unspecified atom stereocenters. The first kappa shape index (κ1) is 11.3. The van der Waals surface area contributed by atoms with Crippen LogP contribution in [0.2, 0.25) is 0 Å². The molecule has 1 heterocycles. The van der Waals surface area contributed by atoms with Gasteiger partial charge in [-0.3, -0.25) is 4.90 Å². The molecule has 0 aromatic heterocycles. The summed E-state index contributed by atoms with van der Waals surface area (Å²) < 4.78 is 5.28. The van der Waals surface area contributed by atoms with Crippen LogP contribution in [-0.4, -0.2) is 30.2 Å². The van der Waals surface area contributed by atoms with Crippen LogP contribution in [0.4, 0.5) is 0 Å².